The Kier molecular flexibility index (Phi) is 4.64. The van der Waals surface area contributed by atoms with Gasteiger partial charge in [-0.2, -0.15) is 5.26 Å². The summed E-state index contributed by atoms with van der Waals surface area (Å²) in [6.07, 6.45) is 7.46. The molecule has 2 atom stereocenters. The van der Waals surface area contributed by atoms with Crippen LogP contribution >= 0.6 is 0 Å². The predicted molar refractivity (Wildman–Crippen MR) is 72.2 cm³/mol. The summed E-state index contributed by atoms with van der Waals surface area (Å²) in [7, 11) is 0. The minimum Gasteiger partial charge on any atom is -0.375 e. The maximum absolute atomic E-state index is 8.98. The van der Waals surface area contributed by atoms with Crippen molar-refractivity contribution in [1.29, 1.82) is 5.26 Å². The van der Waals surface area contributed by atoms with Crippen molar-refractivity contribution in [2.24, 2.45) is 5.92 Å². The van der Waals surface area contributed by atoms with Gasteiger partial charge in [0.05, 0.1) is 17.6 Å². The lowest BCUT2D eigenvalue weighted by atomic mass is 9.88. The lowest BCUT2D eigenvalue weighted by molar-refractivity contribution is -0.102. The third-order valence-corrected chi connectivity index (χ3v) is 4.63. The van der Waals surface area contributed by atoms with Gasteiger partial charge in [-0.1, -0.05) is 19.8 Å². The Hall–Kier alpha value is -0.590. The van der Waals surface area contributed by atoms with Gasteiger partial charge in [0, 0.05) is 19.2 Å². The van der Waals surface area contributed by atoms with Crippen molar-refractivity contribution in [2.45, 2.75) is 64.0 Å². The quantitative estimate of drug-likeness (QED) is 0.769. The summed E-state index contributed by atoms with van der Waals surface area (Å²) in [6.45, 7) is 7.09. The van der Waals surface area contributed by atoms with Gasteiger partial charge < -0.3 is 4.74 Å². The standard InChI is InChI=1S/C15H26N2O/c1-3-17(12-13(2)11-16)14-6-9-18-15(10-14)7-4-5-8-15/h13-14H,3-10,12H2,1-2H3. The second kappa shape index (κ2) is 6.04. The average Bonchev–Trinajstić information content (AvgIpc) is 2.83. The molecule has 0 aromatic rings. The first kappa shape index (κ1) is 13.8. The average molecular weight is 250 g/mol. The molecular weight excluding hydrogens is 224 g/mol. The number of ether oxygens (including phenoxy) is 1. The number of rotatable bonds is 4. The molecule has 1 saturated carbocycles. The molecule has 2 aliphatic rings. The molecule has 102 valence electrons. The van der Waals surface area contributed by atoms with E-state index in [1.165, 1.54) is 32.1 Å². The van der Waals surface area contributed by atoms with E-state index in [1.807, 2.05) is 6.92 Å². The molecule has 1 heterocycles. The van der Waals surface area contributed by atoms with E-state index in [0.717, 1.165) is 26.1 Å². The minimum absolute atomic E-state index is 0.132. The fraction of sp³-hybridized carbons (Fsp3) is 0.933. The van der Waals surface area contributed by atoms with Crippen LogP contribution in [-0.2, 0) is 4.74 Å². The highest BCUT2D eigenvalue weighted by Crippen LogP contribution is 2.41. The van der Waals surface area contributed by atoms with Gasteiger partial charge >= 0.3 is 0 Å². The second-order valence-electron chi connectivity index (χ2n) is 6.00. The van der Waals surface area contributed by atoms with Gasteiger partial charge in [-0.05, 0) is 39.2 Å². The van der Waals surface area contributed by atoms with Gasteiger partial charge in [0.25, 0.3) is 0 Å². The second-order valence-corrected chi connectivity index (χ2v) is 6.00. The zero-order valence-electron chi connectivity index (χ0n) is 11.8. The summed E-state index contributed by atoms with van der Waals surface area (Å²) >= 11 is 0. The molecule has 1 saturated heterocycles. The van der Waals surface area contributed by atoms with Crippen LogP contribution in [0.3, 0.4) is 0 Å². The van der Waals surface area contributed by atoms with E-state index < -0.39 is 0 Å². The highest BCUT2D eigenvalue weighted by atomic mass is 16.5. The summed E-state index contributed by atoms with van der Waals surface area (Å²) in [5.41, 5.74) is 0.187. The number of hydrogen-bond donors (Lipinski definition) is 0. The van der Waals surface area contributed by atoms with E-state index in [9.17, 15) is 0 Å². The summed E-state index contributed by atoms with van der Waals surface area (Å²) in [5.74, 6) is 0.132. The Morgan fingerprint density at radius 2 is 2.17 bits per heavy atom. The molecule has 18 heavy (non-hydrogen) atoms. The maximum atomic E-state index is 8.98. The van der Waals surface area contributed by atoms with Crippen molar-refractivity contribution >= 4 is 0 Å². The Morgan fingerprint density at radius 1 is 1.44 bits per heavy atom. The molecule has 0 N–H and O–H groups in total. The van der Waals surface area contributed by atoms with E-state index >= 15 is 0 Å². The van der Waals surface area contributed by atoms with Crippen molar-refractivity contribution in [2.75, 3.05) is 19.7 Å². The van der Waals surface area contributed by atoms with Crippen LogP contribution < -0.4 is 0 Å². The summed E-state index contributed by atoms with van der Waals surface area (Å²) in [6, 6.07) is 2.98. The zero-order chi connectivity index (χ0) is 13.0. The van der Waals surface area contributed by atoms with Crippen LogP contribution in [0.1, 0.15) is 52.4 Å². The molecule has 1 aliphatic carbocycles. The lowest BCUT2D eigenvalue weighted by Crippen LogP contribution is -2.48. The third kappa shape index (κ3) is 3.05. The molecule has 0 bridgehead atoms. The Labute approximate surface area is 111 Å². The van der Waals surface area contributed by atoms with Gasteiger partial charge in [-0.15, -0.1) is 0 Å². The van der Waals surface area contributed by atoms with Gasteiger partial charge in [0.1, 0.15) is 0 Å². The first-order valence-electron chi connectivity index (χ1n) is 7.47. The van der Waals surface area contributed by atoms with Gasteiger partial charge in [0.2, 0.25) is 0 Å². The molecule has 2 fully saturated rings. The van der Waals surface area contributed by atoms with Gasteiger partial charge in [-0.3, -0.25) is 4.90 Å². The van der Waals surface area contributed by atoms with Crippen molar-refractivity contribution in [3.05, 3.63) is 0 Å². The molecule has 0 aromatic heterocycles. The van der Waals surface area contributed by atoms with Crippen LogP contribution in [0.25, 0.3) is 0 Å². The number of hydrogen-bond acceptors (Lipinski definition) is 3. The molecule has 1 spiro atoms. The van der Waals surface area contributed by atoms with Crippen LogP contribution in [0.2, 0.25) is 0 Å². The number of nitrogens with zero attached hydrogens (tertiary/aromatic N) is 2. The topological polar surface area (TPSA) is 36.3 Å². The monoisotopic (exact) mass is 250 g/mol. The molecule has 3 nitrogen and oxygen atoms in total. The first-order chi connectivity index (χ1) is 8.69. The summed E-state index contributed by atoms with van der Waals surface area (Å²) in [5, 5.41) is 8.98. The molecule has 0 aromatic carbocycles. The van der Waals surface area contributed by atoms with Crippen molar-refractivity contribution in [3.63, 3.8) is 0 Å². The van der Waals surface area contributed by atoms with E-state index in [0.29, 0.717) is 6.04 Å². The predicted octanol–water partition coefficient (Wildman–Crippen LogP) is 2.96. The van der Waals surface area contributed by atoms with Crippen LogP contribution in [0, 0.1) is 17.2 Å². The van der Waals surface area contributed by atoms with Crippen molar-refractivity contribution in [1.82, 2.24) is 4.90 Å². The van der Waals surface area contributed by atoms with E-state index in [2.05, 4.69) is 17.9 Å². The van der Waals surface area contributed by atoms with Gasteiger partial charge in [0.15, 0.2) is 0 Å². The zero-order valence-corrected chi connectivity index (χ0v) is 11.8. The van der Waals surface area contributed by atoms with E-state index in [-0.39, 0.29) is 11.5 Å². The third-order valence-electron chi connectivity index (χ3n) is 4.63. The van der Waals surface area contributed by atoms with Crippen LogP contribution in [0.15, 0.2) is 0 Å². The molecule has 3 heteroatoms. The fourth-order valence-electron chi connectivity index (χ4n) is 3.61. The number of nitriles is 1. The molecule has 1 aliphatic heterocycles. The lowest BCUT2D eigenvalue weighted by Gasteiger charge is -2.43. The highest BCUT2D eigenvalue weighted by molar-refractivity contribution is 4.95. The van der Waals surface area contributed by atoms with Crippen LogP contribution in [-0.4, -0.2) is 36.2 Å². The van der Waals surface area contributed by atoms with Crippen molar-refractivity contribution < 1.29 is 4.74 Å². The van der Waals surface area contributed by atoms with Crippen molar-refractivity contribution in [3.8, 4) is 6.07 Å². The summed E-state index contributed by atoms with van der Waals surface area (Å²) < 4.78 is 6.09. The smallest absolute Gasteiger partial charge is 0.0697 e. The van der Waals surface area contributed by atoms with E-state index in [1.54, 1.807) is 0 Å². The molecule has 0 radical (unpaired) electrons. The minimum atomic E-state index is 0.132. The summed E-state index contributed by atoms with van der Waals surface area (Å²) in [4.78, 5) is 2.50. The SMILES string of the molecule is CCN(CC(C)C#N)C1CCOC2(CCCC2)C1. The van der Waals surface area contributed by atoms with Gasteiger partial charge in [-0.25, -0.2) is 0 Å². The van der Waals surface area contributed by atoms with Crippen LogP contribution in [0.4, 0.5) is 0 Å². The molecule has 2 unspecified atom stereocenters. The largest absolute Gasteiger partial charge is 0.375 e. The fourth-order valence-corrected chi connectivity index (χ4v) is 3.61. The molecule has 0 amide bonds. The Balaban J connectivity index is 1.96. The normalized spacial score (nSPS) is 28.4. The van der Waals surface area contributed by atoms with E-state index in [4.69, 9.17) is 10.00 Å². The van der Waals surface area contributed by atoms with Crippen LogP contribution in [0.5, 0.6) is 0 Å². The maximum Gasteiger partial charge on any atom is 0.0697 e. The highest BCUT2D eigenvalue weighted by Gasteiger charge is 2.41. The molecule has 2 rings (SSSR count). The Morgan fingerprint density at radius 3 is 2.78 bits per heavy atom. The molecular formula is C15H26N2O. The first-order valence-corrected chi connectivity index (χ1v) is 7.47. The Bertz CT molecular complexity index is 304.